The Morgan fingerprint density at radius 2 is 1.82 bits per heavy atom. The standard InChI is InChI=1S/C13H9NO3/c15-12-11(17-13(16)14-12)10-7-3-5-8-4-1-2-6-9(8)10/h1-7,15H,(H,14,16). The van der Waals surface area contributed by atoms with Crippen molar-refractivity contribution in [2.75, 3.05) is 0 Å². The number of aromatic hydroxyl groups is 1. The van der Waals surface area contributed by atoms with Crippen LogP contribution in [0.2, 0.25) is 0 Å². The van der Waals surface area contributed by atoms with Gasteiger partial charge in [-0.1, -0.05) is 42.5 Å². The van der Waals surface area contributed by atoms with Crippen LogP contribution in [0.3, 0.4) is 0 Å². The van der Waals surface area contributed by atoms with Crippen LogP contribution in [0.25, 0.3) is 22.1 Å². The summed E-state index contributed by atoms with van der Waals surface area (Å²) in [5.41, 5.74) is 0.693. The Morgan fingerprint density at radius 1 is 1.06 bits per heavy atom. The van der Waals surface area contributed by atoms with Crippen LogP contribution in [-0.4, -0.2) is 10.1 Å². The van der Waals surface area contributed by atoms with Crippen molar-refractivity contribution < 1.29 is 9.52 Å². The van der Waals surface area contributed by atoms with Gasteiger partial charge in [-0.2, -0.15) is 0 Å². The predicted octanol–water partition coefficient (Wildman–Crippen LogP) is 2.49. The van der Waals surface area contributed by atoms with Crippen LogP contribution in [0.1, 0.15) is 0 Å². The number of hydrogen-bond donors (Lipinski definition) is 2. The molecule has 0 unspecified atom stereocenters. The Balaban J connectivity index is 2.38. The summed E-state index contributed by atoms with van der Waals surface area (Å²) in [5.74, 6) is -0.733. The van der Waals surface area contributed by atoms with Crippen molar-refractivity contribution in [1.29, 1.82) is 0 Å². The molecular formula is C13H9NO3. The molecule has 0 bridgehead atoms. The third-order valence-electron chi connectivity index (χ3n) is 2.66. The van der Waals surface area contributed by atoms with Gasteiger partial charge in [-0.15, -0.1) is 0 Å². The van der Waals surface area contributed by atoms with Crippen LogP contribution < -0.4 is 5.76 Å². The molecule has 2 N–H and O–H groups in total. The molecule has 0 aliphatic rings. The second-order valence-corrected chi connectivity index (χ2v) is 3.72. The van der Waals surface area contributed by atoms with Crippen LogP contribution >= 0.6 is 0 Å². The van der Waals surface area contributed by atoms with Gasteiger partial charge >= 0.3 is 5.76 Å². The number of benzene rings is 2. The first-order valence-corrected chi connectivity index (χ1v) is 5.16. The summed E-state index contributed by atoms with van der Waals surface area (Å²) in [7, 11) is 0. The molecule has 0 amide bonds. The van der Waals surface area contributed by atoms with Crippen LogP contribution in [0.4, 0.5) is 0 Å². The number of hydrogen-bond acceptors (Lipinski definition) is 3. The summed E-state index contributed by atoms with van der Waals surface area (Å²) in [5, 5.41) is 11.5. The summed E-state index contributed by atoms with van der Waals surface area (Å²) in [4.78, 5) is 13.2. The molecule has 0 saturated carbocycles. The van der Waals surface area contributed by atoms with E-state index in [9.17, 15) is 9.90 Å². The van der Waals surface area contributed by atoms with Gasteiger partial charge < -0.3 is 9.52 Å². The average Bonchev–Trinajstić information content (AvgIpc) is 2.68. The lowest BCUT2D eigenvalue weighted by atomic mass is 10.0. The minimum atomic E-state index is -0.662. The molecule has 0 aliphatic heterocycles. The largest absolute Gasteiger partial charge is 0.492 e. The molecule has 4 nitrogen and oxygen atoms in total. The van der Waals surface area contributed by atoms with Crippen molar-refractivity contribution in [1.82, 2.24) is 4.98 Å². The molecule has 0 fully saturated rings. The molecule has 3 aromatic rings. The first kappa shape index (κ1) is 9.72. The van der Waals surface area contributed by atoms with E-state index in [0.717, 1.165) is 10.8 Å². The zero-order chi connectivity index (χ0) is 11.8. The number of nitrogens with one attached hydrogen (secondary N) is 1. The Kier molecular flexibility index (Phi) is 2.01. The predicted molar refractivity (Wildman–Crippen MR) is 63.9 cm³/mol. The fourth-order valence-electron chi connectivity index (χ4n) is 1.93. The number of oxazole rings is 1. The molecule has 0 atom stereocenters. The Bertz CT molecular complexity index is 734. The van der Waals surface area contributed by atoms with Gasteiger partial charge in [0.2, 0.25) is 11.6 Å². The maximum atomic E-state index is 11.0. The molecule has 1 heterocycles. The molecule has 1 aromatic heterocycles. The van der Waals surface area contributed by atoms with E-state index >= 15 is 0 Å². The van der Waals surface area contributed by atoms with E-state index in [0.29, 0.717) is 5.56 Å². The topological polar surface area (TPSA) is 66.2 Å². The highest BCUT2D eigenvalue weighted by Gasteiger charge is 2.13. The molecular weight excluding hydrogens is 218 g/mol. The third-order valence-corrected chi connectivity index (χ3v) is 2.66. The first-order chi connectivity index (χ1) is 8.25. The van der Waals surface area contributed by atoms with Gasteiger partial charge in [0.25, 0.3) is 0 Å². The zero-order valence-electron chi connectivity index (χ0n) is 8.81. The minimum Gasteiger partial charge on any atom is -0.492 e. The summed E-state index contributed by atoms with van der Waals surface area (Å²) >= 11 is 0. The summed E-state index contributed by atoms with van der Waals surface area (Å²) in [6.45, 7) is 0. The van der Waals surface area contributed by atoms with Gasteiger partial charge in [-0.3, -0.25) is 4.98 Å². The Labute approximate surface area is 96.1 Å². The van der Waals surface area contributed by atoms with Crippen LogP contribution in [0.15, 0.2) is 51.7 Å². The Hall–Kier alpha value is -2.49. The van der Waals surface area contributed by atoms with E-state index < -0.39 is 5.76 Å². The molecule has 0 saturated heterocycles. The van der Waals surface area contributed by atoms with Crippen molar-refractivity contribution in [3.8, 4) is 17.2 Å². The fraction of sp³-hybridized carbons (Fsp3) is 0. The van der Waals surface area contributed by atoms with Crippen LogP contribution in [0.5, 0.6) is 5.88 Å². The van der Waals surface area contributed by atoms with Gasteiger partial charge in [-0.05, 0) is 10.8 Å². The molecule has 0 spiro atoms. The lowest BCUT2D eigenvalue weighted by Crippen LogP contribution is -1.92. The molecule has 84 valence electrons. The van der Waals surface area contributed by atoms with Crippen molar-refractivity contribution >= 4 is 10.8 Å². The summed E-state index contributed by atoms with van der Waals surface area (Å²) in [6, 6.07) is 13.3. The highest BCUT2D eigenvalue weighted by atomic mass is 16.4. The number of rotatable bonds is 1. The van der Waals surface area contributed by atoms with Crippen molar-refractivity contribution in [2.24, 2.45) is 0 Å². The number of fused-ring (bicyclic) bond motifs is 1. The minimum absolute atomic E-state index is 0.173. The fourth-order valence-corrected chi connectivity index (χ4v) is 1.93. The van der Waals surface area contributed by atoms with Gasteiger partial charge in [0.1, 0.15) is 0 Å². The van der Waals surface area contributed by atoms with Gasteiger partial charge in [-0.25, -0.2) is 4.79 Å². The van der Waals surface area contributed by atoms with Gasteiger partial charge in [0.15, 0.2) is 0 Å². The van der Waals surface area contributed by atoms with Crippen molar-refractivity contribution in [2.45, 2.75) is 0 Å². The van der Waals surface area contributed by atoms with Crippen LogP contribution in [0, 0.1) is 0 Å². The van der Waals surface area contributed by atoms with Crippen molar-refractivity contribution in [3.05, 3.63) is 53.0 Å². The lowest BCUT2D eigenvalue weighted by Gasteiger charge is -2.03. The number of aromatic nitrogens is 1. The Morgan fingerprint density at radius 3 is 2.59 bits per heavy atom. The van der Waals surface area contributed by atoms with Gasteiger partial charge in [0, 0.05) is 5.56 Å². The highest BCUT2D eigenvalue weighted by Crippen LogP contribution is 2.32. The molecule has 4 heteroatoms. The van der Waals surface area contributed by atoms with Gasteiger partial charge in [0.05, 0.1) is 0 Å². The second kappa shape index (κ2) is 3.52. The molecule has 3 rings (SSSR count). The first-order valence-electron chi connectivity index (χ1n) is 5.16. The lowest BCUT2D eigenvalue weighted by molar-refractivity contribution is 0.453. The molecule has 17 heavy (non-hydrogen) atoms. The average molecular weight is 227 g/mol. The molecule has 0 aliphatic carbocycles. The van der Waals surface area contributed by atoms with Crippen molar-refractivity contribution in [3.63, 3.8) is 0 Å². The molecule has 0 radical (unpaired) electrons. The molecule has 2 aromatic carbocycles. The maximum Gasteiger partial charge on any atom is 0.419 e. The van der Waals surface area contributed by atoms with E-state index in [1.54, 1.807) is 6.07 Å². The monoisotopic (exact) mass is 227 g/mol. The number of aromatic amines is 1. The van der Waals surface area contributed by atoms with E-state index in [1.165, 1.54) is 0 Å². The third kappa shape index (κ3) is 1.50. The number of H-pyrrole nitrogens is 1. The van der Waals surface area contributed by atoms with E-state index in [2.05, 4.69) is 4.98 Å². The van der Waals surface area contributed by atoms with E-state index in [-0.39, 0.29) is 11.6 Å². The second-order valence-electron chi connectivity index (χ2n) is 3.72. The smallest absolute Gasteiger partial charge is 0.419 e. The summed E-state index contributed by atoms with van der Waals surface area (Å²) in [6.07, 6.45) is 0. The quantitative estimate of drug-likeness (QED) is 0.671. The normalized spacial score (nSPS) is 10.8. The maximum absolute atomic E-state index is 11.0. The van der Waals surface area contributed by atoms with Crippen LogP contribution in [-0.2, 0) is 0 Å². The van der Waals surface area contributed by atoms with E-state index in [4.69, 9.17) is 4.42 Å². The zero-order valence-corrected chi connectivity index (χ0v) is 8.81. The highest BCUT2D eigenvalue weighted by molar-refractivity contribution is 5.96. The SMILES string of the molecule is O=c1[nH]c(O)c(-c2cccc3ccccc23)o1. The summed E-state index contributed by atoms with van der Waals surface area (Å²) < 4.78 is 4.95. The van der Waals surface area contributed by atoms with E-state index in [1.807, 2.05) is 36.4 Å².